The Balaban J connectivity index is 1.78. The topological polar surface area (TPSA) is 58.6 Å². The number of ether oxygens (including phenoxy) is 1. The third kappa shape index (κ3) is 5.63. The first-order valence-corrected chi connectivity index (χ1v) is 9.78. The predicted octanol–water partition coefficient (Wildman–Crippen LogP) is 3.12. The van der Waals surface area contributed by atoms with E-state index in [4.69, 9.17) is 16.3 Å². The van der Waals surface area contributed by atoms with Crippen LogP contribution >= 0.6 is 11.6 Å². The van der Waals surface area contributed by atoms with Crippen molar-refractivity contribution in [3.63, 3.8) is 0 Å². The number of amides is 2. The highest BCUT2D eigenvalue weighted by molar-refractivity contribution is 6.17. The zero-order valence-electron chi connectivity index (χ0n) is 15.9. The van der Waals surface area contributed by atoms with Crippen LogP contribution < -0.4 is 10.1 Å². The minimum absolute atomic E-state index is 0.00257. The number of nitrogens with one attached hydrogen (secondary N) is 1. The van der Waals surface area contributed by atoms with Crippen LogP contribution in [0.2, 0.25) is 0 Å². The van der Waals surface area contributed by atoms with Crippen molar-refractivity contribution in [2.24, 2.45) is 0 Å². The lowest BCUT2D eigenvalue weighted by molar-refractivity contribution is -0.134. The number of carbonyl (C=O) groups is 2. The number of piperidine rings is 1. The summed E-state index contributed by atoms with van der Waals surface area (Å²) in [7, 11) is 0. The Bertz CT molecular complexity index is 640. The second-order valence-electron chi connectivity index (χ2n) is 6.96. The second-order valence-corrected chi connectivity index (χ2v) is 7.34. The molecular formula is C20H29ClN2O3. The van der Waals surface area contributed by atoms with E-state index in [1.54, 1.807) is 0 Å². The molecule has 0 aliphatic carbocycles. The smallest absolute Gasteiger partial charge is 0.260 e. The lowest BCUT2D eigenvalue weighted by Gasteiger charge is -2.32. The number of carbonyl (C=O) groups excluding carboxylic acids is 2. The Hall–Kier alpha value is -1.75. The molecule has 5 nitrogen and oxygen atoms in total. The standard InChI is InChI=1S/C20H29ClN2O3/c1-14-6-7-15(2)20(16(14)3)26-13-19(25)23-11-8-17(9-12-23)22-18(24)5-4-10-21/h6-7,17H,4-5,8-13H2,1-3H3,(H,22,24). The Kier molecular flexibility index (Phi) is 7.76. The van der Waals surface area contributed by atoms with Crippen LogP contribution in [0.25, 0.3) is 0 Å². The largest absolute Gasteiger partial charge is 0.483 e. The van der Waals surface area contributed by atoms with Gasteiger partial charge in [-0.2, -0.15) is 0 Å². The normalized spacial score (nSPS) is 15.0. The lowest BCUT2D eigenvalue weighted by atomic mass is 10.0. The summed E-state index contributed by atoms with van der Waals surface area (Å²) in [6, 6.07) is 4.22. The minimum atomic E-state index is -0.00257. The molecule has 1 aliphatic heterocycles. The van der Waals surface area contributed by atoms with Gasteiger partial charge in [0.25, 0.3) is 5.91 Å². The first kappa shape index (κ1) is 20.6. The maximum Gasteiger partial charge on any atom is 0.260 e. The monoisotopic (exact) mass is 380 g/mol. The van der Waals surface area contributed by atoms with E-state index in [0.29, 0.717) is 31.8 Å². The van der Waals surface area contributed by atoms with E-state index in [-0.39, 0.29) is 24.5 Å². The molecule has 0 radical (unpaired) electrons. The highest BCUT2D eigenvalue weighted by atomic mass is 35.5. The summed E-state index contributed by atoms with van der Waals surface area (Å²) in [5, 5.41) is 3.03. The quantitative estimate of drug-likeness (QED) is 0.739. The molecule has 2 amide bonds. The van der Waals surface area contributed by atoms with Gasteiger partial charge in [-0.05, 0) is 56.7 Å². The Morgan fingerprint density at radius 1 is 1.19 bits per heavy atom. The fraction of sp³-hybridized carbons (Fsp3) is 0.600. The third-order valence-electron chi connectivity index (χ3n) is 4.96. The number of benzene rings is 1. The van der Waals surface area contributed by atoms with Gasteiger partial charge in [-0.15, -0.1) is 11.6 Å². The number of hydrogen-bond donors (Lipinski definition) is 1. The minimum Gasteiger partial charge on any atom is -0.483 e. The van der Waals surface area contributed by atoms with E-state index in [1.165, 1.54) is 0 Å². The second kappa shape index (κ2) is 9.81. The molecule has 0 unspecified atom stereocenters. The maximum absolute atomic E-state index is 12.4. The molecule has 1 fully saturated rings. The first-order valence-electron chi connectivity index (χ1n) is 9.25. The van der Waals surface area contributed by atoms with Gasteiger partial charge in [0.15, 0.2) is 6.61 Å². The van der Waals surface area contributed by atoms with Gasteiger partial charge in [0.1, 0.15) is 5.75 Å². The molecule has 6 heteroatoms. The van der Waals surface area contributed by atoms with Crippen LogP contribution in [-0.2, 0) is 9.59 Å². The molecule has 1 aliphatic rings. The number of nitrogens with zero attached hydrogens (tertiary/aromatic N) is 1. The summed E-state index contributed by atoms with van der Waals surface area (Å²) < 4.78 is 5.83. The van der Waals surface area contributed by atoms with Crippen molar-refractivity contribution in [2.45, 2.75) is 52.5 Å². The van der Waals surface area contributed by atoms with E-state index < -0.39 is 0 Å². The van der Waals surface area contributed by atoms with E-state index in [0.717, 1.165) is 35.3 Å². The van der Waals surface area contributed by atoms with Gasteiger partial charge in [0.2, 0.25) is 5.91 Å². The molecule has 1 saturated heterocycles. The molecule has 144 valence electrons. The van der Waals surface area contributed by atoms with E-state index in [2.05, 4.69) is 11.4 Å². The van der Waals surface area contributed by atoms with Gasteiger partial charge in [0.05, 0.1) is 0 Å². The van der Waals surface area contributed by atoms with Gasteiger partial charge >= 0.3 is 0 Å². The summed E-state index contributed by atoms with van der Waals surface area (Å²) >= 11 is 5.61. The molecule has 2 rings (SSSR count). The molecule has 0 aromatic heterocycles. The van der Waals surface area contributed by atoms with Crippen molar-refractivity contribution >= 4 is 23.4 Å². The fourth-order valence-electron chi connectivity index (χ4n) is 3.17. The summed E-state index contributed by atoms with van der Waals surface area (Å²) in [6.45, 7) is 7.39. The average molecular weight is 381 g/mol. The van der Waals surface area contributed by atoms with Crippen LogP contribution in [0, 0.1) is 20.8 Å². The van der Waals surface area contributed by atoms with Crippen molar-refractivity contribution < 1.29 is 14.3 Å². The van der Waals surface area contributed by atoms with Gasteiger partial charge in [-0.3, -0.25) is 9.59 Å². The van der Waals surface area contributed by atoms with Crippen LogP contribution in [0.5, 0.6) is 5.75 Å². The molecular weight excluding hydrogens is 352 g/mol. The number of halogens is 1. The molecule has 26 heavy (non-hydrogen) atoms. The van der Waals surface area contributed by atoms with Gasteiger partial charge in [-0.1, -0.05) is 12.1 Å². The molecule has 0 bridgehead atoms. The number of rotatable bonds is 7. The molecule has 0 atom stereocenters. The summed E-state index contributed by atoms with van der Waals surface area (Å²) in [5.41, 5.74) is 3.28. The third-order valence-corrected chi connectivity index (χ3v) is 5.23. The Morgan fingerprint density at radius 3 is 2.50 bits per heavy atom. The first-order chi connectivity index (χ1) is 12.4. The molecule has 1 aromatic rings. The van der Waals surface area contributed by atoms with Crippen molar-refractivity contribution in [2.75, 3.05) is 25.6 Å². The van der Waals surface area contributed by atoms with Crippen molar-refractivity contribution in [3.8, 4) is 5.75 Å². The Labute approximate surface area is 161 Å². The zero-order chi connectivity index (χ0) is 19.1. The van der Waals surface area contributed by atoms with E-state index >= 15 is 0 Å². The number of hydrogen-bond acceptors (Lipinski definition) is 3. The highest BCUT2D eigenvalue weighted by Crippen LogP contribution is 2.25. The SMILES string of the molecule is Cc1ccc(C)c(OCC(=O)N2CCC(NC(=O)CCCCl)CC2)c1C. The summed E-state index contributed by atoms with van der Waals surface area (Å²) in [6.07, 6.45) is 2.72. The van der Waals surface area contributed by atoms with Crippen LogP contribution in [0.15, 0.2) is 12.1 Å². The fourth-order valence-corrected chi connectivity index (χ4v) is 3.31. The zero-order valence-corrected chi connectivity index (χ0v) is 16.7. The van der Waals surface area contributed by atoms with Crippen LogP contribution in [0.3, 0.4) is 0 Å². The number of likely N-dealkylation sites (tertiary alicyclic amines) is 1. The van der Waals surface area contributed by atoms with Crippen molar-refractivity contribution in [3.05, 3.63) is 28.8 Å². The summed E-state index contributed by atoms with van der Waals surface area (Å²) in [4.78, 5) is 26.0. The molecule has 1 heterocycles. The van der Waals surface area contributed by atoms with Gasteiger partial charge in [-0.25, -0.2) is 0 Å². The van der Waals surface area contributed by atoms with Gasteiger partial charge < -0.3 is 15.0 Å². The van der Waals surface area contributed by atoms with E-state index in [1.807, 2.05) is 31.7 Å². The average Bonchev–Trinajstić information content (AvgIpc) is 2.63. The van der Waals surface area contributed by atoms with Gasteiger partial charge in [0, 0.05) is 31.4 Å². The van der Waals surface area contributed by atoms with Crippen molar-refractivity contribution in [1.29, 1.82) is 0 Å². The van der Waals surface area contributed by atoms with Crippen LogP contribution in [-0.4, -0.2) is 48.3 Å². The number of alkyl halides is 1. The maximum atomic E-state index is 12.4. The van der Waals surface area contributed by atoms with E-state index in [9.17, 15) is 9.59 Å². The Morgan fingerprint density at radius 2 is 1.85 bits per heavy atom. The predicted molar refractivity (Wildman–Crippen MR) is 104 cm³/mol. The summed E-state index contributed by atoms with van der Waals surface area (Å²) in [5.74, 6) is 1.35. The molecule has 1 N–H and O–H groups in total. The molecule has 1 aromatic carbocycles. The van der Waals surface area contributed by atoms with Crippen LogP contribution in [0.4, 0.5) is 0 Å². The molecule has 0 spiro atoms. The number of aryl methyl sites for hydroxylation is 2. The van der Waals surface area contributed by atoms with Crippen molar-refractivity contribution in [1.82, 2.24) is 10.2 Å². The van der Waals surface area contributed by atoms with Crippen LogP contribution in [0.1, 0.15) is 42.4 Å². The highest BCUT2D eigenvalue weighted by Gasteiger charge is 2.24. The molecule has 0 saturated carbocycles. The lowest BCUT2D eigenvalue weighted by Crippen LogP contribution is -2.47.